The van der Waals surface area contributed by atoms with Gasteiger partial charge in [0, 0.05) is 23.3 Å². The number of benzene rings is 2. The minimum absolute atomic E-state index is 0.157. The Morgan fingerprint density at radius 1 is 1.26 bits per heavy atom. The Kier molecular flexibility index (Phi) is 5.74. The zero-order valence-electron chi connectivity index (χ0n) is 15.1. The summed E-state index contributed by atoms with van der Waals surface area (Å²) in [4.78, 5) is 12.9. The lowest BCUT2D eigenvalue weighted by Crippen LogP contribution is -2.43. The summed E-state index contributed by atoms with van der Waals surface area (Å²) in [5, 5.41) is 3.26. The molecule has 0 aliphatic carbocycles. The molecule has 27 heavy (non-hydrogen) atoms. The first kappa shape index (κ1) is 19.7. The van der Waals surface area contributed by atoms with Crippen LogP contribution in [-0.2, 0) is 14.8 Å². The Morgan fingerprint density at radius 3 is 2.74 bits per heavy atom. The number of halogens is 1. The van der Waals surface area contributed by atoms with E-state index in [-0.39, 0.29) is 10.8 Å². The van der Waals surface area contributed by atoms with Gasteiger partial charge in [-0.3, -0.25) is 4.79 Å². The molecule has 0 saturated carbocycles. The number of hydrogen-bond acceptors (Lipinski definition) is 4. The molecule has 0 radical (unpaired) electrons. The highest BCUT2D eigenvalue weighted by atomic mass is 35.5. The van der Waals surface area contributed by atoms with Crippen LogP contribution in [0.25, 0.3) is 0 Å². The number of aryl methyl sites for hydroxylation is 1. The molecule has 1 aliphatic rings. The molecule has 2 aromatic rings. The van der Waals surface area contributed by atoms with Gasteiger partial charge >= 0.3 is 0 Å². The first-order valence-electron chi connectivity index (χ1n) is 8.56. The largest absolute Gasteiger partial charge is 0.497 e. The predicted octanol–water partition coefficient (Wildman–Crippen LogP) is 3.45. The van der Waals surface area contributed by atoms with Gasteiger partial charge in [-0.1, -0.05) is 23.7 Å². The molecule has 1 amide bonds. The Labute approximate surface area is 164 Å². The number of carbonyl (C=O) groups is 1. The first-order chi connectivity index (χ1) is 12.8. The summed E-state index contributed by atoms with van der Waals surface area (Å²) in [7, 11) is -2.35. The van der Waals surface area contributed by atoms with E-state index in [1.54, 1.807) is 43.3 Å². The van der Waals surface area contributed by atoms with E-state index in [1.807, 2.05) is 0 Å². The summed E-state index contributed by atoms with van der Waals surface area (Å²) < 4.78 is 32.9. The first-order valence-corrected chi connectivity index (χ1v) is 10.4. The summed E-state index contributed by atoms with van der Waals surface area (Å²) in [6.07, 6.45) is 1.09. The Hall–Kier alpha value is -2.09. The molecule has 8 heteroatoms. The summed E-state index contributed by atoms with van der Waals surface area (Å²) in [5.41, 5.74) is 1.14. The molecule has 1 heterocycles. The van der Waals surface area contributed by atoms with Gasteiger partial charge in [0.25, 0.3) is 0 Å². The van der Waals surface area contributed by atoms with Crippen LogP contribution in [0.3, 0.4) is 0 Å². The third-order valence-electron chi connectivity index (χ3n) is 4.58. The van der Waals surface area contributed by atoms with E-state index < -0.39 is 16.1 Å². The molecule has 1 aliphatic heterocycles. The van der Waals surface area contributed by atoms with E-state index in [4.69, 9.17) is 16.3 Å². The molecule has 1 fully saturated rings. The number of amides is 1. The maximum Gasteiger partial charge on any atom is 0.244 e. The van der Waals surface area contributed by atoms with Crippen molar-refractivity contribution < 1.29 is 17.9 Å². The molecule has 1 saturated heterocycles. The van der Waals surface area contributed by atoms with Crippen molar-refractivity contribution in [2.45, 2.75) is 30.7 Å². The Bertz CT molecular complexity index is 962. The summed E-state index contributed by atoms with van der Waals surface area (Å²) in [5.74, 6) is 0.0946. The average molecular weight is 409 g/mol. The van der Waals surface area contributed by atoms with Crippen LogP contribution in [0.4, 0.5) is 5.69 Å². The topological polar surface area (TPSA) is 75.7 Å². The maximum absolute atomic E-state index is 13.2. The van der Waals surface area contributed by atoms with E-state index in [0.29, 0.717) is 41.4 Å². The number of methoxy groups -OCH3 is 1. The molecule has 1 N–H and O–H groups in total. The third kappa shape index (κ3) is 4.10. The van der Waals surface area contributed by atoms with Crippen molar-refractivity contribution in [1.82, 2.24) is 4.31 Å². The van der Waals surface area contributed by atoms with Gasteiger partial charge in [-0.15, -0.1) is 0 Å². The van der Waals surface area contributed by atoms with Gasteiger partial charge in [-0.25, -0.2) is 8.42 Å². The monoisotopic (exact) mass is 408 g/mol. The van der Waals surface area contributed by atoms with Gasteiger partial charge in [0.15, 0.2) is 0 Å². The van der Waals surface area contributed by atoms with Crippen molar-refractivity contribution in [2.75, 3.05) is 19.0 Å². The lowest BCUT2D eigenvalue weighted by Gasteiger charge is -2.24. The minimum atomic E-state index is -3.83. The lowest BCUT2D eigenvalue weighted by molar-refractivity contribution is -0.119. The second-order valence-corrected chi connectivity index (χ2v) is 8.70. The van der Waals surface area contributed by atoms with E-state index in [2.05, 4.69) is 5.32 Å². The number of sulfonamides is 1. The van der Waals surface area contributed by atoms with Crippen molar-refractivity contribution in [1.29, 1.82) is 0 Å². The van der Waals surface area contributed by atoms with Crippen LogP contribution >= 0.6 is 11.6 Å². The van der Waals surface area contributed by atoms with Gasteiger partial charge in [-0.05, 0) is 49.6 Å². The molecular weight excluding hydrogens is 388 g/mol. The fourth-order valence-corrected chi connectivity index (χ4v) is 5.28. The van der Waals surface area contributed by atoms with Crippen LogP contribution in [0.2, 0.25) is 5.02 Å². The number of anilines is 1. The standard InChI is InChI=1S/C19H21ClN2O4S/c1-13-8-9-16(26-2)12-18(13)27(24,25)22-10-4-7-17(22)19(23)21-15-6-3-5-14(20)11-15/h3,5-6,8-9,11-12,17H,4,7,10H2,1-2H3,(H,21,23). The van der Waals surface area contributed by atoms with E-state index in [0.717, 1.165) is 0 Å². The molecule has 144 valence electrons. The van der Waals surface area contributed by atoms with Gasteiger partial charge in [-0.2, -0.15) is 4.31 Å². The Balaban J connectivity index is 1.88. The molecule has 0 bridgehead atoms. The van der Waals surface area contributed by atoms with Crippen molar-refractivity contribution in [3.8, 4) is 5.75 Å². The number of carbonyl (C=O) groups excluding carboxylic acids is 1. The number of nitrogens with one attached hydrogen (secondary N) is 1. The normalized spacial score (nSPS) is 17.7. The number of ether oxygens (including phenoxy) is 1. The van der Waals surface area contributed by atoms with Crippen LogP contribution in [0, 0.1) is 6.92 Å². The number of nitrogens with zero attached hydrogens (tertiary/aromatic N) is 1. The molecule has 3 rings (SSSR count). The van der Waals surface area contributed by atoms with E-state index >= 15 is 0 Å². The highest BCUT2D eigenvalue weighted by Gasteiger charge is 2.40. The highest BCUT2D eigenvalue weighted by molar-refractivity contribution is 7.89. The highest BCUT2D eigenvalue weighted by Crippen LogP contribution is 2.30. The fourth-order valence-electron chi connectivity index (χ4n) is 3.19. The molecule has 0 spiro atoms. The summed E-state index contributed by atoms with van der Waals surface area (Å²) in [6.45, 7) is 2.02. The van der Waals surface area contributed by atoms with Gasteiger partial charge < -0.3 is 10.1 Å². The molecule has 2 aromatic carbocycles. The second kappa shape index (κ2) is 7.88. The second-order valence-electron chi connectivity index (χ2n) is 6.40. The van der Waals surface area contributed by atoms with Gasteiger partial charge in [0.05, 0.1) is 12.0 Å². The van der Waals surface area contributed by atoms with Gasteiger partial charge in [0.1, 0.15) is 11.8 Å². The Morgan fingerprint density at radius 2 is 2.04 bits per heavy atom. The van der Waals surface area contributed by atoms with Crippen molar-refractivity contribution in [3.63, 3.8) is 0 Å². The lowest BCUT2D eigenvalue weighted by atomic mass is 10.2. The van der Waals surface area contributed by atoms with E-state index in [1.165, 1.54) is 17.5 Å². The van der Waals surface area contributed by atoms with Crippen molar-refractivity contribution in [2.24, 2.45) is 0 Å². The van der Waals surface area contributed by atoms with Crippen LogP contribution in [0.1, 0.15) is 18.4 Å². The smallest absolute Gasteiger partial charge is 0.244 e. The quantitative estimate of drug-likeness (QED) is 0.822. The molecule has 1 atom stereocenters. The van der Waals surface area contributed by atoms with Crippen LogP contribution in [0.5, 0.6) is 5.75 Å². The van der Waals surface area contributed by atoms with Crippen molar-refractivity contribution >= 4 is 33.2 Å². The van der Waals surface area contributed by atoms with Crippen LogP contribution in [-0.4, -0.2) is 38.3 Å². The average Bonchev–Trinajstić information content (AvgIpc) is 3.13. The zero-order chi connectivity index (χ0) is 19.6. The third-order valence-corrected chi connectivity index (χ3v) is 6.87. The minimum Gasteiger partial charge on any atom is -0.497 e. The molecule has 1 unspecified atom stereocenters. The maximum atomic E-state index is 13.2. The van der Waals surface area contributed by atoms with Crippen LogP contribution in [0.15, 0.2) is 47.4 Å². The predicted molar refractivity (Wildman–Crippen MR) is 105 cm³/mol. The zero-order valence-corrected chi connectivity index (χ0v) is 16.7. The number of hydrogen-bond donors (Lipinski definition) is 1. The summed E-state index contributed by atoms with van der Waals surface area (Å²) in [6, 6.07) is 10.9. The SMILES string of the molecule is COc1ccc(C)c(S(=O)(=O)N2CCCC2C(=O)Nc2cccc(Cl)c2)c1. The van der Waals surface area contributed by atoms with Crippen molar-refractivity contribution in [3.05, 3.63) is 53.1 Å². The fraction of sp³-hybridized carbons (Fsp3) is 0.316. The molecule has 0 aromatic heterocycles. The molecule has 6 nitrogen and oxygen atoms in total. The van der Waals surface area contributed by atoms with E-state index in [9.17, 15) is 13.2 Å². The molecular formula is C19H21ClN2O4S. The number of rotatable bonds is 5. The summed E-state index contributed by atoms with van der Waals surface area (Å²) >= 11 is 5.95. The van der Waals surface area contributed by atoms with Gasteiger partial charge in [0.2, 0.25) is 15.9 Å². The van der Waals surface area contributed by atoms with Crippen LogP contribution < -0.4 is 10.1 Å².